The van der Waals surface area contributed by atoms with Gasteiger partial charge in [0.25, 0.3) is 5.91 Å². The topological polar surface area (TPSA) is 107 Å². The lowest BCUT2D eigenvalue weighted by Gasteiger charge is -2.19. The summed E-state index contributed by atoms with van der Waals surface area (Å²) in [6.45, 7) is 4.98. The van der Waals surface area contributed by atoms with Crippen LogP contribution in [0.1, 0.15) is 53.2 Å². The van der Waals surface area contributed by atoms with Crippen molar-refractivity contribution in [3.8, 4) is 6.07 Å². The number of halogens is 1. The predicted molar refractivity (Wildman–Crippen MR) is 161 cm³/mol. The van der Waals surface area contributed by atoms with Gasteiger partial charge in [-0.15, -0.1) is 0 Å². The first-order valence-corrected chi connectivity index (χ1v) is 13.9. The largest absolute Gasteiger partial charge is 0.460 e. The van der Waals surface area contributed by atoms with E-state index >= 15 is 0 Å². The van der Waals surface area contributed by atoms with Crippen LogP contribution in [-0.4, -0.2) is 24.9 Å². The van der Waals surface area contributed by atoms with Gasteiger partial charge in [-0.05, 0) is 61.7 Å². The molecule has 0 spiro atoms. The Hall–Kier alpha value is -4.38. The number of allylic oxidation sites excluding steroid dienone is 4. The second kappa shape index (κ2) is 14.3. The third kappa shape index (κ3) is 8.31. The maximum atomic E-state index is 13.4. The Labute approximate surface area is 245 Å². The van der Waals surface area contributed by atoms with Gasteiger partial charge < -0.3 is 20.4 Å². The summed E-state index contributed by atoms with van der Waals surface area (Å²) >= 11 is 6.55. The minimum atomic E-state index is -0.387. The standard InChI is InChI=1S/C33H33ClN4O3/c1-22-6-12-26(13-7-22)23(2)37-20-29-14-15-32(41-29)27-4-3-5-31(34)30(17-27)33(40)38-28(19-36-21-39)16-24-8-10-25(18-35)11-9-24/h3-4,6-15,17,21,23,28,37H,5,16,19-20H2,1-2H3,(H,36,39)(H,38,40)/t23?,28-/m1/s1. The molecule has 41 heavy (non-hydrogen) atoms. The predicted octanol–water partition coefficient (Wildman–Crippen LogP) is 5.62. The van der Waals surface area contributed by atoms with Crippen molar-refractivity contribution >= 4 is 29.5 Å². The van der Waals surface area contributed by atoms with Crippen LogP contribution in [0.2, 0.25) is 0 Å². The first-order valence-electron chi connectivity index (χ1n) is 13.5. The van der Waals surface area contributed by atoms with Crippen molar-refractivity contribution in [1.82, 2.24) is 16.0 Å². The van der Waals surface area contributed by atoms with Gasteiger partial charge in [0.2, 0.25) is 6.41 Å². The fourth-order valence-electron chi connectivity index (χ4n) is 4.51. The summed E-state index contributed by atoms with van der Waals surface area (Å²) in [6.07, 6.45) is 7.00. The molecule has 4 rings (SSSR count). The molecule has 210 valence electrons. The van der Waals surface area contributed by atoms with Crippen molar-refractivity contribution in [1.29, 1.82) is 5.26 Å². The van der Waals surface area contributed by atoms with Crippen LogP contribution in [0.15, 0.2) is 93.9 Å². The van der Waals surface area contributed by atoms with Crippen molar-refractivity contribution in [3.63, 3.8) is 0 Å². The highest BCUT2D eigenvalue weighted by Gasteiger charge is 2.20. The van der Waals surface area contributed by atoms with Crippen LogP contribution in [0.4, 0.5) is 0 Å². The zero-order valence-corrected chi connectivity index (χ0v) is 23.9. The fourth-order valence-corrected chi connectivity index (χ4v) is 4.74. The van der Waals surface area contributed by atoms with Crippen LogP contribution in [-0.2, 0) is 22.6 Å². The van der Waals surface area contributed by atoms with E-state index in [2.05, 4.69) is 60.1 Å². The molecule has 1 aliphatic carbocycles. The number of carbonyl (C=O) groups is 2. The average Bonchev–Trinajstić information content (AvgIpc) is 3.37. The normalized spacial score (nSPS) is 14.4. The summed E-state index contributed by atoms with van der Waals surface area (Å²) in [6, 6.07) is 21.2. The summed E-state index contributed by atoms with van der Waals surface area (Å²) in [5, 5.41) is 18.6. The van der Waals surface area contributed by atoms with Crippen LogP contribution in [0.3, 0.4) is 0 Å². The number of nitrogens with one attached hydrogen (secondary N) is 3. The number of benzene rings is 2. The maximum absolute atomic E-state index is 13.4. The molecule has 0 saturated heterocycles. The summed E-state index contributed by atoms with van der Waals surface area (Å²) in [4.78, 5) is 24.4. The molecule has 2 atom stereocenters. The molecule has 1 aromatic heterocycles. The summed E-state index contributed by atoms with van der Waals surface area (Å²) in [7, 11) is 0. The van der Waals surface area contributed by atoms with Gasteiger partial charge in [0.15, 0.2) is 0 Å². The van der Waals surface area contributed by atoms with E-state index in [4.69, 9.17) is 21.3 Å². The van der Waals surface area contributed by atoms with E-state index in [1.54, 1.807) is 18.2 Å². The Bertz CT molecular complexity index is 1490. The molecular weight excluding hydrogens is 536 g/mol. The van der Waals surface area contributed by atoms with Crippen molar-refractivity contribution in [2.24, 2.45) is 0 Å². The zero-order chi connectivity index (χ0) is 29.2. The second-order valence-corrected chi connectivity index (χ2v) is 10.5. The number of amides is 2. The minimum absolute atomic E-state index is 0.157. The molecule has 1 unspecified atom stereocenters. The minimum Gasteiger partial charge on any atom is -0.460 e. The fraction of sp³-hybridized carbons (Fsp3) is 0.242. The SMILES string of the molecule is Cc1ccc(C(C)NCc2ccc(C3=CC(C(=O)N[C@@H](CNC=O)Cc4ccc(C#N)cc4)=C(Cl)CC=C3)o2)cc1. The lowest BCUT2D eigenvalue weighted by Crippen LogP contribution is -2.43. The number of nitriles is 1. The third-order valence-electron chi connectivity index (χ3n) is 6.89. The molecule has 1 heterocycles. The van der Waals surface area contributed by atoms with Crippen LogP contribution in [0.25, 0.3) is 5.57 Å². The first kappa shape index (κ1) is 29.6. The van der Waals surface area contributed by atoms with Gasteiger partial charge in [-0.1, -0.05) is 65.7 Å². The van der Waals surface area contributed by atoms with Crippen molar-refractivity contribution in [2.45, 2.75) is 45.3 Å². The Morgan fingerprint density at radius 3 is 2.59 bits per heavy atom. The van der Waals surface area contributed by atoms with Crippen LogP contribution in [0, 0.1) is 18.3 Å². The van der Waals surface area contributed by atoms with Gasteiger partial charge in [0.05, 0.1) is 29.8 Å². The zero-order valence-electron chi connectivity index (χ0n) is 23.1. The number of aryl methyl sites for hydroxylation is 1. The molecule has 0 radical (unpaired) electrons. The van der Waals surface area contributed by atoms with E-state index in [0.717, 1.165) is 16.9 Å². The van der Waals surface area contributed by atoms with Crippen LogP contribution < -0.4 is 16.0 Å². The quantitative estimate of drug-likeness (QED) is 0.246. The molecule has 7 nitrogen and oxygen atoms in total. The van der Waals surface area contributed by atoms with Gasteiger partial charge in [-0.2, -0.15) is 5.26 Å². The lowest BCUT2D eigenvalue weighted by molar-refractivity contribution is -0.118. The molecule has 1 aliphatic rings. The third-order valence-corrected chi connectivity index (χ3v) is 7.24. The summed E-state index contributed by atoms with van der Waals surface area (Å²) < 4.78 is 6.13. The highest BCUT2D eigenvalue weighted by atomic mass is 35.5. The molecule has 0 fully saturated rings. The van der Waals surface area contributed by atoms with Gasteiger partial charge in [0, 0.05) is 29.6 Å². The number of rotatable bonds is 12. The number of nitrogens with zero attached hydrogens (tertiary/aromatic N) is 1. The van der Waals surface area contributed by atoms with Gasteiger partial charge in [-0.25, -0.2) is 0 Å². The monoisotopic (exact) mass is 568 g/mol. The second-order valence-electron chi connectivity index (χ2n) is 10.0. The molecular formula is C33H33ClN4O3. The lowest BCUT2D eigenvalue weighted by atomic mass is 10.0. The van der Waals surface area contributed by atoms with E-state index in [9.17, 15) is 9.59 Å². The number of hydrogen-bond donors (Lipinski definition) is 3. The molecule has 8 heteroatoms. The molecule has 0 aliphatic heterocycles. The molecule has 0 saturated carbocycles. The number of carbonyl (C=O) groups excluding carboxylic acids is 2. The van der Waals surface area contributed by atoms with E-state index in [1.165, 1.54) is 11.1 Å². The molecule has 3 N–H and O–H groups in total. The molecule has 2 aromatic carbocycles. The Morgan fingerprint density at radius 1 is 1.12 bits per heavy atom. The van der Waals surface area contributed by atoms with Gasteiger partial charge >= 0.3 is 0 Å². The van der Waals surface area contributed by atoms with Crippen molar-refractivity contribution < 1.29 is 14.0 Å². The molecule has 2 amide bonds. The summed E-state index contributed by atoms with van der Waals surface area (Å²) in [5.41, 5.74) is 4.98. The smallest absolute Gasteiger partial charge is 0.252 e. The van der Waals surface area contributed by atoms with E-state index < -0.39 is 0 Å². The van der Waals surface area contributed by atoms with E-state index in [-0.39, 0.29) is 24.5 Å². The van der Waals surface area contributed by atoms with E-state index in [1.807, 2.05) is 36.4 Å². The Morgan fingerprint density at radius 2 is 1.88 bits per heavy atom. The average molecular weight is 569 g/mol. The van der Waals surface area contributed by atoms with Crippen molar-refractivity contribution in [2.75, 3.05) is 6.54 Å². The van der Waals surface area contributed by atoms with Crippen molar-refractivity contribution in [3.05, 3.63) is 123 Å². The van der Waals surface area contributed by atoms with E-state index in [0.29, 0.717) is 47.7 Å². The van der Waals surface area contributed by atoms with Crippen LogP contribution in [0.5, 0.6) is 0 Å². The highest BCUT2D eigenvalue weighted by Crippen LogP contribution is 2.28. The molecule has 3 aromatic rings. The Kier molecular flexibility index (Phi) is 10.3. The Balaban J connectivity index is 1.45. The number of furan rings is 1. The molecule has 0 bridgehead atoms. The van der Waals surface area contributed by atoms with Gasteiger partial charge in [0.1, 0.15) is 11.5 Å². The first-order chi connectivity index (χ1) is 19.9. The maximum Gasteiger partial charge on any atom is 0.252 e. The van der Waals surface area contributed by atoms with Gasteiger partial charge in [-0.3, -0.25) is 9.59 Å². The highest BCUT2D eigenvalue weighted by molar-refractivity contribution is 6.32. The summed E-state index contributed by atoms with van der Waals surface area (Å²) in [5.74, 6) is 1.07. The number of hydrogen-bond acceptors (Lipinski definition) is 5. The van der Waals surface area contributed by atoms with Crippen LogP contribution >= 0.6 is 11.6 Å².